The summed E-state index contributed by atoms with van der Waals surface area (Å²) in [6, 6.07) is 13.5. The van der Waals surface area contributed by atoms with Crippen LogP contribution >= 0.6 is 11.8 Å². The van der Waals surface area contributed by atoms with E-state index in [-0.39, 0.29) is 0 Å². The molecule has 0 amide bonds. The molecular formula is C19H19F3N2S. The van der Waals surface area contributed by atoms with Gasteiger partial charge in [-0.1, -0.05) is 36.0 Å². The van der Waals surface area contributed by atoms with Crippen LogP contribution in [0.5, 0.6) is 0 Å². The summed E-state index contributed by atoms with van der Waals surface area (Å²) in [4.78, 5) is 0.578. The van der Waals surface area contributed by atoms with Crippen molar-refractivity contribution in [2.75, 3.05) is 6.54 Å². The number of halogens is 3. The molecule has 0 atom stereocenters. The molecule has 0 radical (unpaired) electrons. The fourth-order valence-corrected chi connectivity index (χ4v) is 4.07. The Morgan fingerprint density at radius 1 is 1.08 bits per heavy atom. The van der Waals surface area contributed by atoms with E-state index in [1.165, 1.54) is 23.9 Å². The molecule has 0 saturated heterocycles. The van der Waals surface area contributed by atoms with E-state index >= 15 is 0 Å². The lowest BCUT2D eigenvalue weighted by atomic mass is 10.1. The summed E-state index contributed by atoms with van der Waals surface area (Å²) in [5.74, 6) is 0. The Bertz CT molecular complexity index is 884. The van der Waals surface area contributed by atoms with Crippen LogP contribution in [0.1, 0.15) is 17.5 Å². The summed E-state index contributed by atoms with van der Waals surface area (Å²) >= 11 is 1.37. The first-order valence-corrected chi connectivity index (χ1v) is 8.85. The van der Waals surface area contributed by atoms with Crippen LogP contribution in [-0.4, -0.2) is 11.1 Å². The van der Waals surface area contributed by atoms with Gasteiger partial charge in [0.1, 0.15) is 0 Å². The highest BCUT2D eigenvalue weighted by molar-refractivity contribution is 7.99. The van der Waals surface area contributed by atoms with Gasteiger partial charge < -0.3 is 10.3 Å². The lowest BCUT2D eigenvalue weighted by Crippen LogP contribution is -2.04. The first kappa shape index (κ1) is 17.9. The summed E-state index contributed by atoms with van der Waals surface area (Å²) in [6.07, 6.45) is -2.69. The Hall–Kier alpha value is -1.92. The predicted molar refractivity (Wildman–Crippen MR) is 95.9 cm³/mol. The van der Waals surface area contributed by atoms with Gasteiger partial charge in [-0.25, -0.2) is 0 Å². The Morgan fingerprint density at radius 2 is 1.84 bits per heavy atom. The molecule has 2 nitrogen and oxygen atoms in total. The van der Waals surface area contributed by atoms with Crippen molar-refractivity contribution in [2.45, 2.75) is 28.9 Å². The summed E-state index contributed by atoms with van der Waals surface area (Å²) in [5.41, 5.74) is 7.25. The third-order valence-electron chi connectivity index (χ3n) is 4.16. The third-order valence-corrected chi connectivity index (χ3v) is 5.36. The van der Waals surface area contributed by atoms with Gasteiger partial charge in [0.2, 0.25) is 0 Å². The number of aromatic nitrogens is 1. The molecule has 3 aromatic rings. The lowest BCUT2D eigenvalue weighted by Gasteiger charge is -2.10. The van der Waals surface area contributed by atoms with Crippen LogP contribution in [0.15, 0.2) is 58.5 Å². The summed E-state index contributed by atoms with van der Waals surface area (Å²) in [5, 5.41) is 2.10. The second-order valence-corrected chi connectivity index (χ2v) is 6.94. The second kappa shape index (κ2) is 7.14. The number of hydrogen-bond donors (Lipinski definition) is 1. The van der Waals surface area contributed by atoms with Crippen molar-refractivity contribution < 1.29 is 13.2 Å². The standard InChI is InChI=1S/C19H19F3N2S/c1-24-17-10-3-2-8-15(17)16(9-5-11-23)18(24)25-14-7-4-6-13(12-14)19(20,21)22/h2-4,6-8,10,12H,5,9,11,23H2,1H3. The van der Waals surface area contributed by atoms with Crippen LogP contribution in [-0.2, 0) is 19.6 Å². The largest absolute Gasteiger partial charge is 0.416 e. The van der Waals surface area contributed by atoms with Crippen LogP contribution in [0.2, 0.25) is 0 Å². The zero-order chi connectivity index (χ0) is 18.0. The first-order chi connectivity index (χ1) is 11.9. The number of alkyl halides is 3. The molecule has 6 heteroatoms. The van der Waals surface area contributed by atoms with Crippen LogP contribution < -0.4 is 5.73 Å². The van der Waals surface area contributed by atoms with E-state index in [9.17, 15) is 13.2 Å². The quantitative estimate of drug-likeness (QED) is 0.671. The third kappa shape index (κ3) is 3.70. The van der Waals surface area contributed by atoms with Crippen LogP contribution in [0.25, 0.3) is 10.9 Å². The minimum Gasteiger partial charge on any atom is -0.338 e. The maximum atomic E-state index is 13.0. The van der Waals surface area contributed by atoms with Crippen molar-refractivity contribution >= 4 is 22.7 Å². The van der Waals surface area contributed by atoms with Gasteiger partial charge in [0, 0.05) is 22.8 Å². The molecule has 0 aliphatic carbocycles. The molecule has 0 fully saturated rings. The van der Waals surface area contributed by atoms with Crippen molar-refractivity contribution in [1.29, 1.82) is 0 Å². The van der Waals surface area contributed by atoms with Gasteiger partial charge in [0.15, 0.2) is 0 Å². The van der Waals surface area contributed by atoms with Crippen molar-refractivity contribution in [2.24, 2.45) is 12.8 Å². The van der Waals surface area contributed by atoms with E-state index in [0.29, 0.717) is 11.4 Å². The number of hydrogen-bond acceptors (Lipinski definition) is 2. The first-order valence-electron chi connectivity index (χ1n) is 8.03. The zero-order valence-corrected chi connectivity index (χ0v) is 14.6. The van der Waals surface area contributed by atoms with Crippen molar-refractivity contribution in [1.82, 2.24) is 4.57 Å². The Kier molecular flexibility index (Phi) is 5.11. The smallest absolute Gasteiger partial charge is 0.338 e. The van der Waals surface area contributed by atoms with E-state index in [4.69, 9.17) is 5.73 Å². The topological polar surface area (TPSA) is 30.9 Å². The molecule has 0 aliphatic heterocycles. The molecule has 2 N–H and O–H groups in total. The summed E-state index contributed by atoms with van der Waals surface area (Å²) in [6.45, 7) is 0.580. The average molecular weight is 364 g/mol. The molecule has 132 valence electrons. The van der Waals surface area contributed by atoms with Gasteiger partial charge in [-0.2, -0.15) is 13.2 Å². The molecule has 0 aliphatic rings. The molecule has 0 bridgehead atoms. The normalized spacial score (nSPS) is 12.0. The highest BCUT2D eigenvalue weighted by atomic mass is 32.2. The molecular weight excluding hydrogens is 345 g/mol. The zero-order valence-electron chi connectivity index (χ0n) is 13.8. The second-order valence-electron chi connectivity index (χ2n) is 5.88. The molecule has 1 heterocycles. The van der Waals surface area contributed by atoms with Gasteiger partial charge in [-0.15, -0.1) is 0 Å². The fourth-order valence-electron chi connectivity index (χ4n) is 2.95. The Labute approximate surface area is 148 Å². The van der Waals surface area contributed by atoms with Crippen LogP contribution in [0.4, 0.5) is 13.2 Å². The highest BCUT2D eigenvalue weighted by Gasteiger charge is 2.30. The van der Waals surface area contributed by atoms with Gasteiger partial charge >= 0.3 is 6.18 Å². The van der Waals surface area contributed by atoms with Gasteiger partial charge in [0.25, 0.3) is 0 Å². The molecule has 0 spiro atoms. The lowest BCUT2D eigenvalue weighted by molar-refractivity contribution is -0.137. The van der Waals surface area contributed by atoms with E-state index in [1.807, 2.05) is 29.8 Å². The monoisotopic (exact) mass is 364 g/mol. The van der Waals surface area contributed by atoms with Crippen molar-refractivity contribution in [3.63, 3.8) is 0 Å². The molecule has 2 aromatic carbocycles. The Balaban J connectivity index is 2.05. The molecule has 3 rings (SSSR count). The molecule has 25 heavy (non-hydrogen) atoms. The van der Waals surface area contributed by atoms with Crippen LogP contribution in [0, 0.1) is 0 Å². The van der Waals surface area contributed by atoms with Crippen molar-refractivity contribution in [3.05, 3.63) is 59.7 Å². The van der Waals surface area contributed by atoms with Gasteiger partial charge in [0.05, 0.1) is 10.6 Å². The van der Waals surface area contributed by atoms with Crippen LogP contribution in [0.3, 0.4) is 0 Å². The van der Waals surface area contributed by atoms with Crippen molar-refractivity contribution in [3.8, 4) is 0 Å². The fraction of sp³-hybridized carbons (Fsp3) is 0.263. The maximum Gasteiger partial charge on any atom is 0.416 e. The average Bonchev–Trinajstić information content (AvgIpc) is 2.85. The molecule has 0 saturated carbocycles. The number of rotatable bonds is 5. The number of fused-ring (bicyclic) bond motifs is 1. The van der Waals surface area contributed by atoms with E-state index in [2.05, 4.69) is 6.07 Å². The highest BCUT2D eigenvalue weighted by Crippen LogP contribution is 2.39. The predicted octanol–water partition coefficient (Wildman–Crippen LogP) is 5.24. The van der Waals surface area contributed by atoms with Gasteiger partial charge in [-0.3, -0.25) is 0 Å². The summed E-state index contributed by atoms with van der Waals surface area (Å²) < 4.78 is 41.0. The summed E-state index contributed by atoms with van der Waals surface area (Å²) in [7, 11) is 1.95. The van der Waals surface area contributed by atoms with Gasteiger partial charge in [-0.05, 0) is 49.2 Å². The van der Waals surface area contributed by atoms with E-state index < -0.39 is 11.7 Å². The molecule has 1 aromatic heterocycles. The number of para-hydroxylation sites is 1. The van der Waals surface area contributed by atoms with E-state index in [1.54, 1.807) is 6.07 Å². The minimum atomic E-state index is -4.34. The Morgan fingerprint density at radius 3 is 2.56 bits per heavy atom. The van der Waals surface area contributed by atoms with E-state index in [0.717, 1.165) is 40.4 Å². The number of nitrogens with two attached hydrogens (primary N) is 1. The minimum absolute atomic E-state index is 0.578. The number of nitrogens with zero attached hydrogens (tertiary/aromatic N) is 1. The number of benzene rings is 2. The molecule has 0 unspecified atom stereocenters. The number of aryl methyl sites for hydroxylation is 2. The maximum absolute atomic E-state index is 13.0. The SMILES string of the molecule is Cn1c(Sc2cccc(C(F)(F)F)c2)c(CCCN)c2ccccc21.